The van der Waals surface area contributed by atoms with E-state index in [1.807, 2.05) is 6.92 Å². The molecule has 0 aromatic carbocycles. The predicted octanol–water partition coefficient (Wildman–Crippen LogP) is 1.14. The highest BCUT2D eigenvalue weighted by Crippen LogP contribution is 2.34. The molecule has 19 heavy (non-hydrogen) atoms. The molecule has 0 spiro atoms. The van der Waals surface area contributed by atoms with Crippen LogP contribution < -0.4 is 0 Å². The maximum atomic E-state index is 12.3. The predicted molar refractivity (Wildman–Crippen MR) is 68.7 cm³/mol. The number of hydrogen-bond donors (Lipinski definition) is 1. The van der Waals surface area contributed by atoms with Gasteiger partial charge in [0.1, 0.15) is 0 Å². The van der Waals surface area contributed by atoms with Crippen molar-refractivity contribution in [2.24, 2.45) is 12.5 Å². The molecule has 0 radical (unpaired) electrons. The number of aliphatic carboxylic acids is 1. The number of aromatic nitrogens is 2. The van der Waals surface area contributed by atoms with Crippen LogP contribution in [0, 0.1) is 5.41 Å². The Bertz CT molecular complexity index is 497. The number of piperidine rings is 1. The lowest BCUT2D eigenvalue weighted by Gasteiger charge is -2.39. The number of aryl methyl sites for hydroxylation is 1. The Morgan fingerprint density at radius 3 is 2.79 bits per heavy atom. The van der Waals surface area contributed by atoms with Crippen molar-refractivity contribution in [2.75, 3.05) is 13.1 Å². The minimum atomic E-state index is -0.807. The number of amides is 1. The van der Waals surface area contributed by atoms with Gasteiger partial charge in [-0.2, -0.15) is 5.10 Å². The summed E-state index contributed by atoms with van der Waals surface area (Å²) in [5.74, 6) is -0.939. The highest BCUT2D eigenvalue weighted by Gasteiger charge is 2.42. The molecule has 6 heteroatoms. The van der Waals surface area contributed by atoms with Crippen LogP contribution >= 0.6 is 0 Å². The monoisotopic (exact) mass is 265 g/mol. The first kappa shape index (κ1) is 13.6. The highest BCUT2D eigenvalue weighted by molar-refractivity contribution is 5.94. The Morgan fingerprint density at radius 1 is 1.53 bits per heavy atom. The van der Waals surface area contributed by atoms with E-state index in [0.29, 0.717) is 24.9 Å². The molecule has 1 aliphatic rings. The van der Waals surface area contributed by atoms with Crippen molar-refractivity contribution in [3.8, 4) is 0 Å². The molecule has 1 aromatic rings. The van der Waals surface area contributed by atoms with Crippen LogP contribution in [-0.4, -0.2) is 44.8 Å². The lowest BCUT2D eigenvalue weighted by molar-refractivity contribution is -0.152. The zero-order valence-corrected chi connectivity index (χ0v) is 11.3. The normalized spacial score (nSPS) is 23.4. The van der Waals surface area contributed by atoms with E-state index < -0.39 is 11.4 Å². The molecule has 6 nitrogen and oxygen atoms in total. The Morgan fingerprint density at radius 2 is 2.26 bits per heavy atom. The van der Waals surface area contributed by atoms with Gasteiger partial charge < -0.3 is 10.0 Å². The number of likely N-dealkylation sites (tertiary alicyclic amines) is 1. The molecule has 1 fully saturated rings. The first-order valence-electron chi connectivity index (χ1n) is 6.50. The number of nitrogens with zero attached hydrogens (tertiary/aromatic N) is 3. The lowest BCUT2D eigenvalue weighted by Crippen LogP contribution is -2.49. The molecule has 1 saturated heterocycles. The molecular formula is C13H19N3O3. The molecule has 1 aromatic heterocycles. The average Bonchev–Trinajstić information content (AvgIpc) is 2.84. The standard InChI is InChI=1S/C13H19N3O3/c1-3-13(12(18)19)5-4-6-16(9-13)11(17)10-7-14-15(2)8-10/h7-8H,3-6,9H2,1-2H3,(H,18,19). The second-order valence-corrected chi connectivity index (χ2v) is 5.17. The second-order valence-electron chi connectivity index (χ2n) is 5.17. The van der Waals surface area contributed by atoms with E-state index in [-0.39, 0.29) is 12.5 Å². The van der Waals surface area contributed by atoms with Crippen LogP contribution in [-0.2, 0) is 11.8 Å². The van der Waals surface area contributed by atoms with Crippen LogP contribution in [0.15, 0.2) is 12.4 Å². The molecule has 0 bridgehead atoms. The molecule has 1 unspecified atom stereocenters. The molecule has 0 aliphatic carbocycles. The Kier molecular flexibility index (Phi) is 3.59. The third-order valence-electron chi connectivity index (χ3n) is 3.95. The number of carboxylic acid groups (broad SMARTS) is 1. The highest BCUT2D eigenvalue weighted by atomic mass is 16.4. The van der Waals surface area contributed by atoms with Crippen molar-refractivity contribution in [3.05, 3.63) is 18.0 Å². The van der Waals surface area contributed by atoms with Gasteiger partial charge in [-0.25, -0.2) is 0 Å². The Balaban J connectivity index is 2.17. The van der Waals surface area contributed by atoms with Crippen LogP contribution in [0.2, 0.25) is 0 Å². The van der Waals surface area contributed by atoms with E-state index in [1.54, 1.807) is 22.8 Å². The molecule has 2 rings (SSSR count). The zero-order chi connectivity index (χ0) is 14.0. The molecule has 0 saturated carbocycles. The third-order valence-corrected chi connectivity index (χ3v) is 3.95. The molecule has 1 aliphatic heterocycles. The van der Waals surface area contributed by atoms with Crippen molar-refractivity contribution in [1.82, 2.24) is 14.7 Å². The summed E-state index contributed by atoms with van der Waals surface area (Å²) in [6.45, 7) is 2.77. The van der Waals surface area contributed by atoms with E-state index in [4.69, 9.17) is 0 Å². The third kappa shape index (κ3) is 2.47. The van der Waals surface area contributed by atoms with Crippen molar-refractivity contribution < 1.29 is 14.7 Å². The summed E-state index contributed by atoms with van der Waals surface area (Å²) in [6, 6.07) is 0. The summed E-state index contributed by atoms with van der Waals surface area (Å²) >= 11 is 0. The summed E-state index contributed by atoms with van der Waals surface area (Å²) in [6.07, 6.45) is 5.08. The molecule has 1 atom stereocenters. The molecular weight excluding hydrogens is 246 g/mol. The summed E-state index contributed by atoms with van der Waals surface area (Å²) in [7, 11) is 1.75. The van der Waals surface area contributed by atoms with Gasteiger partial charge in [0.15, 0.2) is 0 Å². The second kappa shape index (κ2) is 5.03. The van der Waals surface area contributed by atoms with E-state index in [0.717, 1.165) is 6.42 Å². The summed E-state index contributed by atoms with van der Waals surface area (Å²) in [5.41, 5.74) is -0.282. The fourth-order valence-corrected chi connectivity index (χ4v) is 2.63. The van der Waals surface area contributed by atoms with Gasteiger partial charge in [-0.1, -0.05) is 6.92 Å². The maximum Gasteiger partial charge on any atom is 0.311 e. The van der Waals surface area contributed by atoms with Gasteiger partial charge in [-0.05, 0) is 19.3 Å². The van der Waals surface area contributed by atoms with Crippen molar-refractivity contribution in [2.45, 2.75) is 26.2 Å². The van der Waals surface area contributed by atoms with Crippen LogP contribution in [0.5, 0.6) is 0 Å². The van der Waals surface area contributed by atoms with Crippen molar-refractivity contribution in [3.63, 3.8) is 0 Å². The maximum absolute atomic E-state index is 12.3. The summed E-state index contributed by atoms with van der Waals surface area (Å²) in [5, 5.41) is 13.4. The molecule has 2 heterocycles. The van der Waals surface area contributed by atoms with Crippen LogP contribution in [0.4, 0.5) is 0 Å². The minimum Gasteiger partial charge on any atom is -0.481 e. The number of carbonyl (C=O) groups excluding carboxylic acids is 1. The Hall–Kier alpha value is -1.85. The van der Waals surface area contributed by atoms with Gasteiger partial charge in [0.25, 0.3) is 5.91 Å². The number of rotatable bonds is 3. The molecule has 104 valence electrons. The summed E-state index contributed by atoms with van der Waals surface area (Å²) in [4.78, 5) is 25.4. The van der Waals surface area contributed by atoms with Gasteiger partial charge in [-0.3, -0.25) is 14.3 Å². The van der Waals surface area contributed by atoms with Crippen LogP contribution in [0.25, 0.3) is 0 Å². The van der Waals surface area contributed by atoms with Crippen molar-refractivity contribution in [1.29, 1.82) is 0 Å². The van der Waals surface area contributed by atoms with E-state index >= 15 is 0 Å². The summed E-state index contributed by atoms with van der Waals surface area (Å²) < 4.78 is 1.57. The van der Waals surface area contributed by atoms with Gasteiger partial charge in [0.2, 0.25) is 0 Å². The Labute approximate surface area is 112 Å². The first-order valence-corrected chi connectivity index (χ1v) is 6.50. The minimum absolute atomic E-state index is 0.133. The van der Waals surface area contributed by atoms with Gasteiger partial charge >= 0.3 is 5.97 Å². The first-order chi connectivity index (χ1) is 8.98. The zero-order valence-electron chi connectivity index (χ0n) is 11.3. The lowest BCUT2D eigenvalue weighted by atomic mass is 9.77. The van der Waals surface area contributed by atoms with E-state index in [1.165, 1.54) is 6.20 Å². The van der Waals surface area contributed by atoms with Crippen molar-refractivity contribution >= 4 is 11.9 Å². The molecule has 1 N–H and O–H groups in total. The smallest absolute Gasteiger partial charge is 0.311 e. The van der Waals surface area contributed by atoms with Crippen LogP contribution in [0.3, 0.4) is 0 Å². The van der Waals surface area contributed by atoms with Gasteiger partial charge in [-0.15, -0.1) is 0 Å². The largest absolute Gasteiger partial charge is 0.481 e. The van der Waals surface area contributed by atoms with Gasteiger partial charge in [0.05, 0.1) is 17.2 Å². The van der Waals surface area contributed by atoms with Crippen LogP contribution in [0.1, 0.15) is 36.5 Å². The molecule has 1 amide bonds. The number of hydrogen-bond acceptors (Lipinski definition) is 3. The number of carbonyl (C=O) groups is 2. The quantitative estimate of drug-likeness (QED) is 0.889. The topological polar surface area (TPSA) is 75.4 Å². The number of carboxylic acids is 1. The SMILES string of the molecule is CCC1(C(=O)O)CCCN(C(=O)c2cnn(C)c2)C1. The van der Waals surface area contributed by atoms with Gasteiger partial charge in [0, 0.05) is 26.3 Å². The van der Waals surface area contributed by atoms with E-state index in [9.17, 15) is 14.7 Å². The fourth-order valence-electron chi connectivity index (χ4n) is 2.63. The fraction of sp³-hybridized carbons (Fsp3) is 0.615. The average molecular weight is 265 g/mol. The van der Waals surface area contributed by atoms with E-state index in [2.05, 4.69) is 5.10 Å².